The summed E-state index contributed by atoms with van der Waals surface area (Å²) in [5.41, 5.74) is 0.0268. The second kappa shape index (κ2) is 4.63. The molecule has 2 rings (SSSR count). The van der Waals surface area contributed by atoms with E-state index < -0.39 is 5.97 Å². The highest BCUT2D eigenvalue weighted by molar-refractivity contribution is 5.86. The Hall–Kier alpha value is -1.40. The van der Waals surface area contributed by atoms with Gasteiger partial charge in [-0.05, 0) is 7.05 Å². The Bertz CT molecular complexity index is 369. The van der Waals surface area contributed by atoms with Gasteiger partial charge in [0.1, 0.15) is 0 Å². The van der Waals surface area contributed by atoms with Crippen LogP contribution in [0.3, 0.4) is 0 Å². The Labute approximate surface area is 93.5 Å². The number of carboxylic acid groups (broad SMARTS) is 1. The van der Waals surface area contributed by atoms with Gasteiger partial charge < -0.3 is 14.4 Å². The van der Waals surface area contributed by atoms with E-state index in [1.807, 2.05) is 0 Å². The minimum Gasteiger partial charge on any atom is -0.476 e. The van der Waals surface area contributed by atoms with Gasteiger partial charge in [-0.25, -0.2) is 9.78 Å². The molecule has 1 fully saturated rings. The molecule has 1 saturated heterocycles. The van der Waals surface area contributed by atoms with Crippen molar-refractivity contribution in [1.82, 2.24) is 14.8 Å². The molecule has 0 bridgehead atoms. The Morgan fingerprint density at radius 1 is 1.50 bits per heavy atom. The fraction of sp³-hybridized carbons (Fsp3) is 0.600. The summed E-state index contributed by atoms with van der Waals surface area (Å²) in [5.74, 6) is -0.588. The van der Waals surface area contributed by atoms with Crippen LogP contribution in [-0.2, 0) is 6.54 Å². The van der Waals surface area contributed by atoms with Crippen molar-refractivity contribution in [2.45, 2.75) is 6.54 Å². The van der Waals surface area contributed by atoms with Crippen LogP contribution in [0.5, 0.6) is 0 Å². The second-order valence-corrected chi connectivity index (χ2v) is 4.01. The van der Waals surface area contributed by atoms with E-state index in [9.17, 15) is 4.79 Å². The van der Waals surface area contributed by atoms with Crippen molar-refractivity contribution in [2.75, 3.05) is 33.2 Å². The lowest BCUT2D eigenvalue weighted by atomic mass is 10.3. The molecule has 1 aliphatic rings. The summed E-state index contributed by atoms with van der Waals surface area (Å²) >= 11 is 0. The van der Waals surface area contributed by atoms with Crippen molar-refractivity contribution in [3.8, 4) is 0 Å². The van der Waals surface area contributed by atoms with E-state index in [-0.39, 0.29) is 5.69 Å². The molecule has 6 heteroatoms. The van der Waals surface area contributed by atoms with Gasteiger partial charge in [0.2, 0.25) is 0 Å². The van der Waals surface area contributed by atoms with Gasteiger partial charge in [-0.15, -0.1) is 0 Å². The second-order valence-electron chi connectivity index (χ2n) is 4.01. The van der Waals surface area contributed by atoms with Crippen LogP contribution < -0.4 is 0 Å². The highest BCUT2D eigenvalue weighted by Crippen LogP contribution is 2.11. The van der Waals surface area contributed by atoms with Gasteiger partial charge in [0.25, 0.3) is 0 Å². The molecule has 1 aromatic heterocycles. The lowest BCUT2D eigenvalue weighted by molar-refractivity contribution is 0.0685. The van der Waals surface area contributed by atoms with Crippen LogP contribution in [0.1, 0.15) is 16.2 Å². The molecule has 2 heterocycles. The Morgan fingerprint density at radius 3 is 2.81 bits per heavy atom. The maximum absolute atomic E-state index is 10.8. The Balaban J connectivity index is 1.98. The molecule has 0 spiro atoms. The zero-order valence-electron chi connectivity index (χ0n) is 9.22. The topological polar surface area (TPSA) is 69.8 Å². The minimum absolute atomic E-state index is 0.0268. The Morgan fingerprint density at radius 2 is 2.19 bits per heavy atom. The standard InChI is InChI=1S/C10H15N3O3/c1-12-2-4-13(5-3-12)6-8-9(10(14)15)11-7-16-8/h7H,2-6H2,1H3,(H,14,15). The van der Waals surface area contributed by atoms with Crippen LogP contribution in [0.2, 0.25) is 0 Å². The summed E-state index contributed by atoms with van der Waals surface area (Å²) in [4.78, 5) is 18.9. The molecule has 1 aromatic rings. The molecule has 0 unspecified atom stereocenters. The predicted octanol–water partition coefficient (Wildman–Crippen LogP) is 0.120. The number of carbonyl (C=O) groups is 1. The molecule has 0 radical (unpaired) electrons. The molecule has 16 heavy (non-hydrogen) atoms. The monoisotopic (exact) mass is 225 g/mol. The normalized spacial score (nSPS) is 18.8. The summed E-state index contributed by atoms with van der Waals surface area (Å²) in [6, 6.07) is 0. The van der Waals surface area contributed by atoms with E-state index in [2.05, 4.69) is 21.8 Å². The summed E-state index contributed by atoms with van der Waals surface area (Å²) in [7, 11) is 2.08. The van der Waals surface area contributed by atoms with E-state index in [1.54, 1.807) is 0 Å². The van der Waals surface area contributed by atoms with E-state index in [0.717, 1.165) is 26.2 Å². The fourth-order valence-corrected chi connectivity index (χ4v) is 1.77. The predicted molar refractivity (Wildman–Crippen MR) is 56.2 cm³/mol. The first-order chi connectivity index (χ1) is 7.66. The van der Waals surface area contributed by atoms with Crippen molar-refractivity contribution in [1.29, 1.82) is 0 Å². The molecule has 6 nitrogen and oxygen atoms in total. The van der Waals surface area contributed by atoms with Crippen molar-refractivity contribution in [3.05, 3.63) is 17.8 Å². The number of rotatable bonds is 3. The number of likely N-dealkylation sites (N-methyl/N-ethyl adjacent to an activating group) is 1. The van der Waals surface area contributed by atoms with Crippen LogP contribution in [0.4, 0.5) is 0 Å². The lowest BCUT2D eigenvalue weighted by Gasteiger charge is -2.31. The number of piperazine rings is 1. The molecule has 88 valence electrons. The van der Waals surface area contributed by atoms with Crippen LogP contribution in [0.15, 0.2) is 10.8 Å². The van der Waals surface area contributed by atoms with Gasteiger partial charge in [-0.2, -0.15) is 0 Å². The highest BCUT2D eigenvalue weighted by atomic mass is 16.4. The van der Waals surface area contributed by atoms with Crippen LogP contribution in [0.25, 0.3) is 0 Å². The Kier molecular flexibility index (Phi) is 3.21. The maximum atomic E-state index is 10.8. The van der Waals surface area contributed by atoms with E-state index in [1.165, 1.54) is 6.39 Å². The molecule has 0 atom stereocenters. The largest absolute Gasteiger partial charge is 0.476 e. The zero-order valence-corrected chi connectivity index (χ0v) is 9.22. The number of aromatic carboxylic acids is 1. The summed E-state index contributed by atoms with van der Waals surface area (Å²) in [6.45, 7) is 4.37. The minimum atomic E-state index is -1.03. The lowest BCUT2D eigenvalue weighted by Crippen LogP contribution is -2.44. The molecule has 0 aromatic carbocycles. The fourth-order valence-electron chi connectivity index (χ4n) is 1.77. The third kappa shape index (κ3) is 2.40. The third-order valence-electron chi connectivity index (χ3n) is 2.81. The van der Waals surface area contributed by atoms with E-state index >= 15 is 0 Å². The molecular weight excluding hydrogens is 210 g/mol. The molecule has 0 aliphatic carbocycles. The molecule has 0 amide bonds. The zero-order chi connectivity index (χ0) is 11.5. The van der Waals surface area contributed by atoms with Crippen LogP contribution in [0, 0.1) is 0 Å². The van der Waals surface area contributed by atoms with Crippen molar-refractivity contribution in [3.63, 3.8) is 0 Å². The van der Waals surface area contributed by atoms with Crippen LogP contribution in [-0.4, -0.2) is 59.1 Å². The van der Waals surface area contributed by atoms with Gasteiger partial charge in [-0.3, -0.25) is 4.90 Å². The first-order valence-corrected chi connectivity index (χ1v) is 5.23. The molecular formula is C10H15N3O3. The molecule has 1 N–H and O–H groups in total. The molecule has 0 saturated carbocycles. The highest BCUT2D eigenvalue weighted by Gasteiger charge is 2.20. The number of hydrogen-bond donors (Lipinski definition) is 1. The van der Waals surface area contributed by atoms with Gasteiger partial charge in [0.15, 0.2) is 17.8 Å². The van der Waals surface area contributed by atoms with Gasteiger partial charge >= 0.3 is 5.97 Å². The third-order valence-corrected chi connectivity index (χ3v) is 2.81. The quantitative estimate of drug-likeness (QED) is 0.788. The van der Waals surface area contributed by atoms with E-state index in [0.29, 0.717) is 12.3 Å². The molecule has 1 aliphatic heterocycles. The smallest absolute Gasteiger partial charge is 0.358 e. The number of hydrogen-bond acceptors (Lipinski definition) is 5. The van der Waals surface area contributed by atoms with Gasteiger partial charge in [-0.1, -0.05) is 0 Å². The number of carboxylic acids is 1. The first-order valence-electron chi connectivity index (χ1n) is 5.23. The number of oxazole rings is 1. The van der Waals surface area contributed by atoms with Gasteiger partial charge in [0.05, 0.1) is 6.54 Å². The van der Waals surface area contributed by atoms with E-state index in [4.69, 9.17) is 9.52 Å². The van der Waals surface area contributed by atoms with Crippen molar-refractivity contribution >= 4 is 5.97 Å². The van der Waals surface area contributed by atoms with Crippen LogP contribution >= 0.6 is 0 Å². The van der Waals surface area contributed by atoms with Crippen molar-refractivity contribution < 1.29 is 14.3 Å². The summed E-state index contributed by atoms with van der Waals surface area (Å²) in [6.07, 6.45) is 1.19. The number of aromatic nitrogens is 1. The summed E-state index contributed by atoms with van der Waals surface area (Å²) in [5, 5.41) is 8.88. The first kappa shape index (κ1) is 11.1. The number of nitrogens with zero attached hydrogens (tertiary/aromatic N) is 3. The average molecular weight is 225 g/mol. The van der Waals surface area contributed by atoms with Crippen molar-refractivity contribution in [2.24, 2.45) is 0 Å². The average Bonchev–Trinajstić information content (AvgIpc) is 2.69. The summed E-state index contributed by atoms with van der Waals surface area (Å²) < 4.78 is 5.11. The SMILES string of the molecule is CN1CCN(Cc2ocnc2C(=O)O)CC1. The van der Waals surface area contributed by atoms with Gasteiger partial charge in [0, 0.05) is 26.2 Å². The maximum Gasteiger partial charge on any atom is 0.358 e.